The van der Waals surface area contributed by atoms with E-state index in [1.54, 1.807) is 17.4 Å². The molecule has 1 heterocycles. The number of phenolic OH excluding ortho intramolecular Hbond substituents is 1. The quantitative estimate of drug-likeness (QED) is 0.839. The molecule has 0 bridgehead atoms. The number of phenols is 1. The number of hydrogen-bond acceptors (Lipinski definition) is 3. The number of halogens is 1. The summed E-state index contributed by atoms with van der Waals surface area (Å²) in [6, 6.07) is 6.35. The normalized spacial score (nSPS) is 10.2. The zero-order valence-electron chi connectivity index (χ0n) is 8.81. The van der Waals surface area contributed by atoms with Gasteiger partial charge in [0.05, 0.1) is 17.1 Å². The first kappa shape index (κ1) is 12.0. The highest BCUT2D eigenvalue weighted by molar-refractivity contribution is 7.08. The van der Waals surface area contributed by atoms with Crippen LogP contribution < -0.4 is 5.32 Å². The fourth-order valence-electron chi connectivity index (χ4n) is 1.38. The molecule has 0 aliphatic heterocycles. The molecule has 2 N–H and O–H groups in total. The molecule has 2 rings (SSSR count). The first-order valence-corrected chi connectivity index (χ1v) is 6.26. The molecule has 0 atom stereocenters. The second-order valence-corrected chi connectivity index (χ2v) is 4.71. The van der Waals surface area contributed by atoms with Crippen molar-refractivity contribution in [2.45, 2.75) is 6.42 Å². The summed E-state index contributed by atoms with van der Waals surface area (Å²) < 4.78 is 0. The molecule has 3 nitrogen and oxygen atoms in total. The number of amides is 1. The van der Waals surface area contributed by atoms with Crippen molar-refractivity contribution in [3.8, 4) is 5.75 Å². The predicted molar refractivity (Wildman–Crippen MR) is 69.8 cm³/mol. The van der Waals surface area contributed by atoms with Gasteiger partial charge in [0.2, 0.25) is 5.91 Å². The van der Waals surface area contributed by atoms with Gasteiger partial charge in [0.15, 0.2) is 0 Å². The van der Waals surface area contributed by atoms with E-state index in [2.05, 4.69) is 5.32 Å². The summed E-state index contributed by atoms with van der Waals surface area (Å²) in [7, 11) is 0. The van der Waals surface area contributed by atoms with Crippen LogP contribution >= 0.6 is 22.9 Å². The average Bonchev–Trinajstić information content (AvgIpc) is 2.75. The third-order valence-electron chi connectivity index (χ3n) is 2.17. The van der Waals surface area contributed by atoms with Crippen LogP contribution in [0.2, 0.25) is 5.02 Å². The lowest BCUT2D eigenvalue weighted by Gasteiger charge is -2.06. The number of aromatic hydroxyl groups is 1. The largest absolute Gasteiger partial charge is 0.508 e. The number of hydrogen-bond donors (Lipinski definition) is 2. The van der Waals surface area contributed by atoms with Gasteiger partial charge in [-0.15, -0.1) is 0 Å². The zero-order valence-corrected chi connectivity index (χ0v) is 10.4. The van der Waals surface area contributed by atoms with Crippen LogP contribution in [0.15, 0.2) is 35.0 Å². The Hall–Kier alpha value is -1.52. The molecular formula is C12H10ClNO2S. The maximum absolute atomic E-state index is 11.7. The molecule has 0 aliphatic carbocycles. The molecule has 1 amide bonds. The lowest BCUT2D eigenvalue weighted by molar-refractivity contribution is -0.115. The van der Waals surface area contributed by atoms with E-state index in [0.717, 1.165) is 5.56 Å². The molecule has 1 aromatic heterocycles. The molecular weight excluding hydrogens is 258 g/mol. The first-order chi connectivity index (χ1) is 8.15. The lowest BCUT2D eigenvalue weighted by Crippen LogP contribution is -2.14. The maximum Gasteiger partial charge on any atom is 0.228 e. The maximum atomic E-state index is 11.7. The molecule has 0 fully saturated rings. The van der Waals surface area contributed by atoms with Crippen molar-refractivity contribution in [2.75, 3.05) is 5.32 Å². The molecule has 0 unspecified atom stereocenters. The van der Waals surface area contributed by atoms with E-state index in [1.807, 2.05) is 16.8 Å². The van der Waals surface area contributed by atoms with Gasteiger partial charge in [-0.1, -0.05) is 11.6 Å². The van der Waals surface area contributed by atoms with Crippen LogP contribution in [-0.4, -0.2) is 11.0 Å². The van der Waals surface area contributed by atoms with Crippen molar-refractivity contribution in [3.63, 3.8) is 0 Å². The number of benzene rings is 1. The molecule has 0 saturated heterocycles. The molecule has 0 spiro atoms. The van der Waals surface area contributed by atoms with Crippen LogP contribution in [0, 0.1) is 0 Å². The molecule has 5 heteroatoms. The minimum absolute atomic E-state index is 0.0748. The van der Waals surface area contributed by atoms with Crippen molar-refractivity contribution in [2.24, 2.45) is 0 Å². The predicted octanol–water partition coefficient (Wildman–Crippen LogP) is 3.29. The van der Waals surface area contributed by atoms with Crippen molar-refractivity contribution in [1.82, 2.24) is 0 Å². The number of carbonyl (C=O) groups is 1. The van der Waals surface area contributed by atoms with Gasteiger partial charge in [-0.2, -0.15) is 11.3 Å². The molecule has 88 valence electrons. The van der Waals surface area contributed by atoms with E-state index < -0.39 is 0 Å². The number of rotatable bonds is 3. The summed E-state index contributed by atoms with van der Waals surface area (Å²) in [5.41, 5.74) is 1.48. The van der Waals surface area contributed by atoms with Gasteiger partial charge in [-0.05, 0) is 34.5 Å². The van der Waals surface area contributed by atoms with E-state index >= 15 is 0 Å². The van der Waals surface area contributed by atoms with Crippen LogP contribution in [0.25, 0.3) is 0 Å². The third kappa shape index (κ3) is 3.22. The Morgan fingerprint density at radius 3 is 2.88 bits per heavy atom. The van der Waals surface area contributed by atoms with E-state index in [-0.39, 0.29) is 11.7 Å². The van der Waals surface area contributed by atoms with Gasteiger partial charge < -0.3 is 10.4 Å². The third-order valence-corrected chi connectivity index (χ3v) is 3.22. The van der Waals surface area contributed by atoms with Crippen LogP contribution in [0.5, 0.6) is 5.75 Å². The smallest absolute Gasteiger partial charge is 0.228 e. The summed E-state index contributed by atoms with van der Waals surface area (Å²) >= 11 is 7.44. The molecule has 0 radical (unpaired) electrons. The van der Waals surface area contributed by atoms with E-state index in [0.29, 0.717) is 17.1 Å². The Labute approximate surface area is 108 Å². The fraction of sp³-hybridized carbons (Fsp3) is 0.0833. The Morgan fingerprint density at radius 2 is 2.24 bits per heavy atom. The number of carbonyl (C=O) groups excluding carboxylic acids is 1. The Kier molecular flexibility index (Phi) is 3.66. The Balaban J connectivity index is 2.03. The Bertz CT molecular complexity index is 525. The first-order valence-electron chi connectivity index (χ1n) is 4.94. The molecule has 0 saturated carbocycles. The van der Waals surface area contributed by atoms with Gasteiger partial charge in [-0.25, -0.2) is 0 Å². The number of anilines is 1. The molecule has 1 aromatic carbocycles. The second kappa shape index (κ2) is 5.21. The summed E-state index contributed by atoms with van der Waals surface area (Å²) in [6.45, 7) is 0. The number of thiophene rings is 1. The van der Waals surface area contributed by atoms with Crippen LogP contribution in [0.1, 0.15) is 5.56 Å². The summed E-state index contributed by atoms with van der Waals surface area (Å²) in [4.78, 5) is 11.7. The van der Waals surface area contributed by atoms with E-state index in [9.17, 15) is 9.90 Å². The summed E-state index contributed by atoms with van der Waals surface area (Å²) in [6.07, 6.45) is 0.320. The van der Waals surface area contributed by atoms with Crippen LogP contribution in [0.3, 0.4) is 0 Å². The monoisotopic (exact) mass is 267 g/mol. The van der Waals surface area contributed by atoms with Gasteiger partial charge >= 0.3 is 0 Å². The Morgan fingerprint density at radius 1 is 1.41 bits per heavy atom. The SMILES string of the molecule is O=C(Cc1ccsc1)Nc1ccc(O)cc1Cl. The molecule has 0 aliphatic rings. The average molecular weight is 268 g/mol. The van der Waals surface area contributed by atoms with Crippen molar-refractivity contribution in [3.05, 3.63) is 45.6 Å². The van der Waals surface area contributed by atoms with Crippen LogP contribution in [-0.2, 0) is 11.2 Å². The van der Waals surface area contributed by atoms with Crippen LogP contribution in [0.4, 0.5) is 5.69 Å². The van der Waals surface area contributed by atoms with Crippen molar-refractivity contribution >= 4 is 34.5 Å². The minimum atomic E-state index is -0.129. The van der Waals surface area contributed by atoms with Crippen molar-refractivity contribution in [1.29, 1.82) is 0 Å². The topological polar surface area (TPSA) is 49.3 Å². The van der Waals surface area contributed by atoms with E-state index in [1.165, 1.54) is 12.1 Å². The highest BCUT2D eigenvalue weighted by Gasteiger charge is 2.07. The standard InChI is InChI=1S/C12H10ClNO2S/c13-10-6-9(15)1-2-11(10)14-12(16)5-8-3-4-17-7-8/h1-4,6-7,15H,5H2,(H,14,16). The minimum Gasteiger partial charge on any atom is -0.508 e. The highest BCUT2D eigenvalue weighted by Crippen LogP contribution is 2.26. The van der Waals surface area contributed by atoms with Gasteiger partial charge in [0.25, 0.3) is 0 Å². The molecule has 2 aromatic rings. The van der Waals surface area contributed by atoms with E-state index in [4.69, 9.17) is 11.6 Å². The van der Waals surface area contributed by atoms with Crippen molar-refractivity contribution < 1.29 is 9.90 Å². The fourth-order valence-corrected chi connectivity index (χ4v) is 2.27. The summed E-state index contributed by atoms with van der Waals surface area (Å²) in [5.74, 6) is -0.0539. The van der Waals surface area contributed by atoms with Gasteiger partial charge in [0, 0.05) is 6.07 Å². The molecule has 17 heavy (non-hydrogen) atoms. The zero-order chi connectivity index (χ0) is 12.3. The summed E-state index contributed by atoms with van der Waals surface area (Å²) in [5, 5.41) is 16.1. The second-order valence-electron chi connectivity index (χ2n) is 3.52. The lowest BCUT2D eigenvalue weighted by atomic mass is 10.2. The number of nitrogens with one attached hydrogen (secondary N) is 1. The van der Waals surface area contributed by atoms with Gasteiger partial charge in [0.1, 0.15) is 5.75 Å². The van der Waals surface area contributed by atoms with Gasteiger partial charge in [-0.3, -0.25) is 4.79 Å². The highest BCUT2D eigenvalue weighted by atomic mass is 35.5.